The highest BCUT2D eigenvalue weighted by Crippen LogP contribution is 2.28. The predicted octanol–water partition coefficient (Wildman–Crippen LogP) is 3.00. The van der Waals surface area contributed by atoms with Gasteiger partial charge in [0, 0.05) is 11.1 Å². The van der Waals surface area contributed by atoms with Crippen molar-refractivity contribution >= 4 is 21.6 Å². The second-order valence-electron chi connectivity index (χ2n) is 5.84. The van der Waals surface area contributed by atoms with E-state index in [9.17, 15) is 13.5 Å². The first-order valence-electron chi connectivity index (χ1n) is 7.27. The molecule has 2 rings (SSSR count). The third-order valence-electron chi connectivity index (χ3n) is 4.31. The zero-order valence-corrected chi connectivity index (χ0v) is 14.0. The lowest BCUT2D eigenvalue weighted by Gasteiger charge is -2.29. The van der Waals surface area contributed by atoms with Crippen LogP contribution < -0.4 is 4.72 Å². The fraction of sp³-hybridized carbons (Fsp3) is 0.600. The molecule has 1 aliphatic rings. The Morgan fingerprint density at radius 1 is 1.33 bits per heavy atom. The largest absolute Gasteiger partial charge is 0.392 e. The second-order valence-corrected chi connectivity index (χ2v) is 7.95. The molecule has 0 bridgehead atoms. The number of hydrogen-bond donors (Lipinski definition) is 2. The van der Waals surface area contributed by atoms with Gasteiger partial charge >= 0.3 is 0 Å². The minimum atomic E-state index is -3.62. The van der Waals surface area contributed by atoms with E-state index >= 15 is 0 Å². The molecule has 118 valence electrons. The molecule has 1 saturated carbocycles. The van der Waals surface area contributed by atoms with Crippen LogP contribution >= 0.6 is 11.6 Å². The van der Waals surface area contributed by atoms with Crippen LogP contribution in [0.5, 0.6) is 0 Å². The van der Waals surface area contributed by atoms with Crippen LogP contribution in [0.4, 0.5) is 0 Å². The van der Waals surface area contributed by atoms with E-state index in [1.807, 2.05) is 0 Å². The molecule has 0 spiro atoms. The number of nitrogens with one attached hydrogen (secondary N) is 1. The van der Waals surface area contributed by atoms with E-state index in [4.69, 9.17) is 11.6 Å². The molecule has 2 unspecified atom stereocenters. The van der Waals surface area contributed by atoms with Gasteiger partial charge in [-0.1, -0.05) is 31.4 Å². The van der Waals surface area contributed by atoms with Gasteiger partial charge in [-0.05, 0) is 48.9 Å². The highest BCUT2D eigenvalue weighted by Gasteiger charge is 2.28. The van der Waals surface area contributed by atoms with Gasteiger partial charge in [0.25, 0.3) is 0 Å². The summed E-state index contributed by atoms with van der Waals surface area (Å²) in [5, 5.41) is 9.64. The van der Waals surface area contributed by atoms with E-state index in [1.54, 1.807) is 13.0 Å². The monoisotopic (exact) mass is 331 g/mol. The van der Waals surface area contributed by atoms with Crippen LogP contribution in [0, 0.1) is 12.8 Å². The van der Waals surface area contributed by atoms with E-state index in [0.29, 0.717) is 22.1 Å². The third kappa shape index (κ3) is 3.77. The molecular formula is C15H22ClNO3S. The van der Waals surface area contributed by atoms with E-state index in [0.717, 1.165) is 25.7 Å². The van der Waals surface area contributed by atoms with Gasteiger partial charge in [-0.2, -0.15) is 0 Å². The van der Waals surface area contributed by atoms with Crippen LogP contribution in [0.3, 0.4) is 0 Å². The quantitative estimate of drug-likeness (QED) is 0.891. The summed E-state index contributed by atoms with van der Waals surface area (Å²) in [6.07, 6.45) is 4.12. The van der Waals surface area contributed by atoms with E-state index in [2.05, 4.69) is 11.6 Å². The molecule has 21 heavy (non-hydrogen) atoms. The Bertz CT molecular complexity index is 616. The van der Waals surface area contributed by atoms with Crippen molar-refractivity contribution in [1.82, 2.24) is 4.72 Å². The Balaban J connectivity index is 2.33. The number of rotatable bonds is 4. The maximum Gasteiger partial charge on any atom is 0.241 e. The maximum atomic E-state index is 12.6. The number of aliphatic hydroxyl groups is 1. The molecule has 6 heteroatoms. The summed E-state index contributed by atoms with van der Waals surface area (Å²) in [5.74, 6) is 0.338. The summed E-state index contributed by atoms with van der Waals surface area (Å²) in [6, 6.07) is 3.02. The highest BCUT2D eigenvalue weighted by atomic mass is 35.5. The van der Waals surface area contributed by atoms with Gasteiger partial charge < -0.3 is 5.11 Å². The Morgan fingerprint density at radius 2 is 2.00 bits per heavy atom. The number of halogens is 1. The molecule has 1 aromatic rings. The molecule has 0 amide bonds. The van der Waals surface area contributed by atoms with Gasteiger partial charge in [0.15, 0.2) is 0 Å². The fourth-order valence-corrected chi connectivity index (χ4v) is 4.90. The molecule has 0 heterocycles. The summed E-state index contributed by atoms with van der Waals surface area (Å²) in [4.78, 5) is 0.164. The highest BCUT2D eigenvalue weighted by molar-refractivity contribution is 7.89. The fourth-order valence-electron chi connectivity index (χ4n) is 2.91. The lowest BCUT2D eigenvalue weighted by Crippen LogP contribution is -2.41. The molecule has 1 fully saturated rings. The Hall–Kier alpha value is -0.620. The Kier molecular flexibility index (Phi) is 5.30. The maximum absolute atomic E-state index is 12.6. The summed E-state index contributed by atoms with van der Waals surface area (Å²) in [6.45, 7) is 3.55. The second kappa shape index (κ2) is 6.65. The first kappa shape index (κ1) is 16.7. The molecule has 0 aliphatic heterocycles. The van der Waals surface area contributed by atoms with Crippen molar-refractivity contribution in [3.05, 3.63) is 28.3 Å². The average Bonchev–Trinajstić information content (AvgIpc) is 2.43. The van der Waals surface area contributed by atoms with Crippen LogP contribution in [0.15, 0.2) is 17.0 Å². The van der Waals surface area contributed by atoms with Crippen LogP contribution in [0.2, 0.25) is 5.02 Å². The summed E-state index contributed by atoms with van der Waals surface area (Å²) in [5.41, 5.74) is 1.09. The van der Waals surface area contributed by atoms with Crippen molar-refractivity contribution in [2.24, 2.45) is 5.92 Å². The van der Waals surface area contributed by atoms with Crippen molar-refractivity contribution in [2.75, 3.05) is 0 Å². The van der Waals surface area contributed by atoms with E-state index in [1.165, 1.54) is 6.07 Å². The molecular weight excluding hydrogens is 310 g/mol. The first-order chi connectivity index (χ1) is 9.85. The standard InChI is InChI=1S/C15H22ClNO3S/c1-10-5-3-4-6-14(10)17-21(19,20)15-8-13(16)7-12(9-18)11(15)2/h7-8,10,14,17-18H,3-6,9H2,1-2H3. The Morgan fingerprint density at radius 3 is 2.62 bits per heavy atom. The number of hydrogen-bond acceptors (Lipinski definition) is 3. The van der Waals surface area contributed by atoms with Crippen molar-refractivity contribution in [2.45, 2.75) is 57.1 Å². The average molecular weight is 332 g/mol. The topological polar surface area (TPSA) is 66.4 Å². The molecule has 1 aliphatic carbocycles. The molecule has 4 nitrogen and oxygen atoms in total. The van der Waals surface area contributed by atoms with Crippen LogP contribution in [-0.2, 0) is 16.6 Å². The van der Waals surface area contributed by atoms with Gasteiger partial charge in [0.2, 0.25) is 10.0 Å². The smallest absolute Gasteiger partial charge is 0.241 e. The van der Waals surface area contributed by atoms with Gasteiger partial charge in [0.05, 0.1) is 11.5 Å². The summed E-state index contributed by atoms with van der Waals surface area (Å²) < 4.78 is 28.1. The van der Waals surface area contributed by atoms with Gasteiger partial charge in [-0.3, -0.25) is 0 Å². The summed E-state index contributed by atoms with van der Waals surface area (Å²) in [7, 11) is -3.62. The van der Waals surface area contributed by atoms with E-state index < -0.39 is 10.0 Å². The lowest BCUT2D eigenvalue weighted by atomic mass is 9.87. The van der Waals surface area contributed by atoms with Crippen LogP contribution in [0.1, 0.15) is 43.7 Å². The number of aliphatic hydroxyl groups excluding tert-OH is 1. The van der Waals surface area contributed by atoms with Gasteiger partial charge in [0.1, 0.15) is 0 Å². The van der Waals surface area contributed by atoms with Crippen molar-refractivity contribution in [3.63, 3.8) is 0 Å². The minimum Gasteiger partial charge on any atom is -0.392 e. The lowest BCUT2D eigenvalue weighted by molar-refractivity contribution is 0.280. The zero-order chi connectivity index (χ0) is 15.6. The molecule has 0 radical (unpaired) electrons. The normalized spacial score (nSPS) is 23.2. The molecule has 2 atom stereocenters. The van der Waals surface area contributed by atoms with Crippen LogP contribution in [-0.4, -0.2) is 19.6 Å². The SMILES string of the molecule is Cc1c(CO)cc(Cl)cc1S(=O)(=O)NC1CCCCC1C. The van der Waals surface area contributed by atoms with Crippen molar-refractivity contribution in [1.29, 1.82) is 0 Å². The predicted molar refractivity (Wildman–Crippen MR) is 83.9 cm³/mol. The van der Waals surface area contributed by atoms with Crippen molar-refractivity contribution in [3.8, 4) is 0 Å². The molecule has 0 aromatic heterocycles. The van der Waals surface area contributed by atoms with Gasteiger partial charge in [-0.25, -0.2) is 13.1 Å². The van der Waals surface area contributed by atoms with Crippen LogP contribution in [0.25, 0.3) is 0 Å². The van der Waals surface area contributed by atoms with Crippen molar-refractivity contribution < 1.29 is 13.5 Å². The molecule has 1 aromatic carbocycles. The molecule has 0 saturated heterocycles. The summed E-state index contributed by atoms with van der Waals surface area (Å²) >= 11 is 5.97. The first-order valence-corrected chi connectivity index (χ1v) is 9.13. The van der Waals surface area contributed by atoms with E-state index in [-0.39, 0.29) is 17.5 Å². The number of benzene rings is 1. The number of sulfonamides is 1. The minimum absolute atomic E-state index is 0.0280. The van der Waals surface area contributed by atoms with Gasteiger partial charge in [-0.15, -0.1) is 0 Å². The Labute approximate surface area is 131 Å². The third-order valence-corrected chi connectivity index (χ3v) is 6.14. The zero-order valence-electron chi connectivity index (χ0n) is 12.4. The molecule has 2 N–H and O–H groups in total.